The summed E-state index contributed by atoms with van der Waals surface area (Å²) in [7, 11) is 0. The van der Waals surface area contributed by atoms with Gasteiger partial charge in [0.2, 0.25) is 0 Å². The molecule has 0 radical (unpaired) electrons. The first-order valence-corrected chi connectivity index (χ1v) is 5.76. The van der Waals surface area contributed by atoms with Gasteiger partial charge in [-0.2, -0.15) is 31.5 Å². The summed E-state index contributed by atoms with van der Waals surface area (Å²) in [5.41, 5.74) is 0.199. The number of alkyl halides is 6. The van der Waals surface area contributed by atoms with Crippen molar-refractivity contribution in [3.63, 3.8) is 0 Å². The van der Waals surface area contributed by atoms with E-state index < -0.39 is 40.4 Å². The number of rotatable bonds is 2. The molecule has 0 aliphatic rings. The zero-order valence-electron chi connectivity index (χ0n) is 10.9. The maximum absolute atomic E-state index is 12.7. The molecule has 2 rings (SSSR count). The first kappa shape index (κ1) is 16.6. The number of nitrogens with one attached hydrogen (secondary N) is 2. The molecule has 1 aromatic heterocycles. The van der Waals surface area contributed by atoms with Gasteiger partial charge in [0.15, 0.2) is 5.69 Å². The van der Waals surface area contributed by atoms with E-state index in [1.54, 1.807) is 0 Å². The topological polar surface area (TPSA) is 99.4 Å². The van der Waals surface area contributed by atoms with E-state index >= 15 is 0 Å². The fraction of sp³-hybridized carbons (Fsp3) is 0.182. The van der Waals surface area contributed by atoms with Crippen LogP contribution in [0.1, 0.15) is 11.1 Å². The second kappa shape index (κ2) is 5.44. The van der Waals surface area contributed by atoms with E-state index in [0.717, 1.165) is 0 Å². The highest BCUT2D eigenvalue weighted by atomic mass is 19.4. The highest BCUT2D eigenvalue weighted by Gasteiger charge is 2.37. The van der Waals surface area contributed by atoms with Crippen molar-refractivity contribution < 1.29 is 26.3 Å². The maximum Gasteiger partial charge on any atom is 0.416 e. The smallest absolute Gasteiger partial charge is 0.382 e. The molecule has 124 valence electrons. The minimum Gasteiger partial charge on any atom is -0.382 e. The van der Waals surface area contributed by atoms with E-state index in [0.29, 0.717) is 12.1 Å². The van der Waals surface area contributed by atoms with Gasteiger partial charge in [-0.05, 0) is 18.2 Å². The quantitative estimate of drug-likeness (QED) is 0.574. The number of nitrogens with zero attached hydrogens (tertiary/aromatic N) is 2. The molecule has 6 nitrogen and oxygen atoms in total. The number of azo groups is 1. The highest BCUT2D eigenvalue weighted by molar-refractivity contribution is 5.55. The van der Waals surface area contributed by atoms with Crippen LogP contribution < -0.4 is 11.3 Å². The first-order chi connectivity index (χ1) is 10.5. The summed E-state index contributed by atoms with van der Waals surface area (Å²) in [4.78, 5) is 11.2. The lowest BCUT2D eigenvalue weighted by Crippen LogP contribution is -2.10. The van der Waals surface area contributed by atoms with Crippen LogP contribution in [0, 0.1) is 0 Å². The Bertz CT molecular complexity index is 768. The van der Waals surface area contributed by atoms with Crippen molar-refractivity contribution in [1.29, 1.82) is 0 Å². The number of hydrogen-bond acceptors (Lipinski definition) is 4. The Morgan fingerprint density at radius 3 is 1.78 bits per heavy atom. The summed E-state index contributed by atoms with van der Waals surface area (Å²) in [5, 5.41) is 10.7. The minimum atomic E-state index is -5.00. The molecule has 4 N–H and O–H groups in total. The Labute approximate surface area is 123 Å². The number of H-pyrrole nitrogens is 2. The third-order valence-corrected chi connectivity index (χ3v) is 2.62. The standard InChI is InChI=1S/C11H7F6N5O/c12-10(13,14)4-1-5(11(15,16)17)3-6(2-4)19-20-7-8(18)21-22-9(7)23/h1-3H,(H4,18,21,22,23). The molecule has 0 saturated heterocycles. The molecule has 0 spiro atoms. The first-order valence-electron chi connectivity index (χ1n) is 5.76. The molecule has 2 aromatic rings. The molecule has 1 aromatic carbocycles. The molecule has 23 heavy (non-hydrogen) atoms. The second-order valence-corrected chi connectivity index (χ2v) is 4.31. The van der Waals surface area contributed by atoms with E-state index in [4.69, 9.17) is 5.73 Å². The molecular formula is C11H7F6N5O. The zero-order valence-corrected chi connectivity index (χ0v) is 10.9. The van der Waals surface area contributed by atoms with Crippen LogP contribution in [0.5, 0.6) is 0 Å². The van der Waals surface area contributed by atoms with Crippen LogP contribution in [-0.2, 0) is 12.4 Å². The SMILES string of the molecule is Nc1[nH][nH]c(=O)c1N=Nc1cc(C(F)(F)F)cc(C(F)(F)F)c1. The molecule has 0 fully saturated rings. The van der Waals surface area contributed by atoms with Crippen LogP contribution in [0.4, 0.5) is 43.5 Å². The third-order valence-electron chi connectivity index (χ3n) is 2.62. The lowest BCUT2D eigenvalue weighted by atomic mass is 10.1. The fourth-order valence-corrected chi connectivity index (χ4v) is 1.57. The Kier molecular flexibility index (Phi) is 3.92. The molecule has 12 heteroatoms. The predicted molar refractivity (Wildman–Crippen MR) is 66.4 cm³/mol. The van der Waals surface area contributed by atoms with Crippen molar-refractivity contribution in [1.82, 2.24) is 10.2 Å². The molecule has 0 atom stereocenters. The number of halogens is 6. The van der Waals surface area contributed by atoms with Crippen LogP contribution in [0.25, 0.3) is 0 Å². The largest absolute Gasteiger partial charge is 0.416 e. The van der Waals surface area contributed by atoms with Gasteiger partial charge in [-0.25, -0.2) is 0 Å². The maximum atomic E-state index is 12.7. The summed E-state index contributed by atoms with van der Waals surface area (Å²) < 4.78 is 75.9. The van der Waals surface area contributed by atoms with E-state index in [1.165, 1.54) is 0 Å². The second-order valence-electron chi connectivity index (χ2n) is 4.31. The third kappa shape index (κ3) is 3.70. The van der Waals surface area contributed by atoms with Gasteiger partial charge in [0.25, 0.3) is 5.56 Å². The molecule has 0 bridgehead atoms. The van der Waals surface area contributed by atoms with Gasteiger partial charge in [-0.1, -0.05) is 0 Å². The molecule has 0 saturated carbocycles. The predicted octanol–water partition coefficient (Wildman–Crippen LogP) is 3.74. The van der Waals surface area contributed by atoms with Gasteiger partial charge in [0, 0.05) is 0 Å². The number of hydrogen-bond donors (Lipinski definition) is 3. The average molecular weight is 339 g/mol. The molecule has 0 aliphatic carbocycles. The van der Waals surface area contributed by atoms with Crippen LogP contribution in [0.3, 0.4) is 0 Å². The fourth-order valence-electron chi connectivity index (χ4n) is 1.57. The number of anilines is 1. The van der Waals surface area contributed by atoms with Crippen molar-refractivity contribution in [3.8, 4) is 0 Å². The summed E-state index contributed by atoms with van der Waals surface area (Å²) in [5.74, 6) is -0.262. The number of nitrogens with two attached hydrogens (primary N) is 1. The Balaban J connectivity index is 2.52. The lowest BCUT2D eigenvalue weighted by molar-refractivity contribution is -0.143. The van der Waals surface area contributed by atoms with Crippen LogP contribution in [-0.4, -0.2) is 10.2 Å². The van der Waals surface area contributed by atoms with Gasteiger partial charge in [-0.15, -0.1) is 5.11 Å². The number of nitrogen functional groups attached to an aromatic ring is 1. The van der Waals surface area contributed by atoms with Crippen LogP contribution in [0.15, 0.2) is 33.2 Å². The Morgan fingerprint density at radius 1 is 0.870 bits per heavy atom. The monoisotopic (exact) mass is 339 g/mol. The van der Waals surface area contributed by atoms with E-state index in [-0.39, 0.29) is 11.9 Å². The number of aromatic amines is 2. The van der Waals surface area contributed by atoms with Gasteiger partial charge in [0.1, 0.15) is 5.82 Å². The van der Waals surface area contributed by atoms with Crippen molar-refractivity contribution in [2.24, 2.45) is 10.2 Å². The molecule has 1 heterocycles. The van der Waals surface area contributed by atoms with Gasteiger partial charge < -0.3 is 5.73 Å². The van der Waals surface area contributed by atoms with E-state index in [9.17, 15) is 31.1 Å². The molecule has 0 unspecified atom stereocenters. The van der Waals surface area contributed by atoms with E-state index in [1.807, 2.05) is 5.10 Å². The summed E-state index contributed by atoms with van der Waals surface area (Å²) in [6, 6.07) is 0.696. The van der Waals surface area contributed by atoms with Crippen LogP contribution in [0.2, 0.25) is 0 Å². The lowest BCUT2D eigenvalue weighted by Gasteiger charge is -2.12. The molecule has 0 amide bonds. The Morgan fingerprint density at radius 2 is 1.39 bits per heavy atom. The van der Waals surface area contributed by atoms with E-state index in [2.05, 4.69) is 15.3 Å². The Hall–Kier alpha value is -2.79. The average Bonchev–Trinajstić information content (AvgIpc) is 2.73. The van der Waals surface area contributed by atoms with Crippen LogP contribution >= 0.6 is 0 Å². The molecular weight excluding hydrogens is 332 g/mol. The minimum absolute atomic E-state index is 0.0452. The zero-order chi connectivity index (χ0) is 17.4. The number of benzene rings is 1. The van der Waals surface area contributed by atoms with Crippen molar-refractivity contribution >= 4 is 17.2 Å². The molecule has 0 aliphatic heterocycles. The summed E-state index contributed by atoms with van der Waals surface area (Å²) in [6.07, 6.45) is -10.0. The summed E-state index contributed by atoms with van der Waals surface area (Å²) in [6.45, 7) is 0. The normalized spacial score (nSPS) is 13.0. The van der Waals surface area contributed by atoms with Gasteiger partial charge in [-0.3, -0.25) is 15.0 Å². The highest BCUT2D eigenvalue weighted by Crippen LogP contribution is 2.38. The van der Waals surface area contributed by atoms with Gasteiger partial charge in [0.05, 0.1) is 16.8 Å². The van der Waals surface area contributed by atoms with Crippen molar-refractivity contribution in [3.05, 3.63) is 39.7 Å². The van der Waals surface area contributed by atoms with Crippen molar-refractivity contribution in [2.45, 2.75) is 12.4 Å². The van der Waals surface area contributed by atoms with Gasteiger partial charge >= 0.3 is 12.4 Å². The summed E-state index contributed by atoms with van der Waals surface area (Å²) >= 11 is 0. The number of aromatic nitrogens is 2. The van der Waals surface area contributed by atoms with Crippen molar-refractivity contribution in [2.75, 3.05) is 5.73 Å².